The van der Waals surface area contributed by atoms with E-state index in [2.05, 4.69) is 45.5 Å². The van der Waals surface area contributed by atoms with Gasteiger partial charge in [-0.25, -0.2) is 0 Å². The molecule has 31 heavy (non-hydrogen) atoms. The molecular weight excluding hydrogens is 392 g/mol. The van der Waals surface area contributed by atoms with Crippen LogP contribution in [0.4, 0.5) is 0 Å². The normalized spacial score (nSPS) is 13.1. The third-order valence-electron chi connectivity index (χ3n) is 5.15. The fourth-order valence-electron chi connectivity index (χ4n) is 2.94. The van der Waals surface area contributed by atoms with Crippen LogP contribution < -0.4 is 20.3 Å². The van der Waals surface area contributed by atoms with Gasteiger partial charge < -0.3 is 9.47 Å². The van der Waals surface area contributed by atoms with Gasteiger partial charge in [-0.2, -0.15) is 0 Å². The highest BCUT2D eigenvalue weighted by atomic mass is 16.5. The second-order valence-electron chi connectivity index (χ2n) is 8.71. The van der Waals surface area contributed by atoms with Gasteiger partial charge in [-0.1, -0.05) is 65.0 Å². The van der Waals surface area contributed by atoms with Crippen LogP contribution in [0.2, 0.25) is 0 Å². The topological polar surface area (TPSA) is 76.7 Å². The Labute approximate surface area is 185 Å². The second-order valence-corrected chi connectivity index (χ2v) is 8.71. The Morgan fingerprint density at radius 3 is 2.23 bits per heavy atom. The van der Waals surface area contributed by atoms with Crippen LogP contribution >= 0.6 is 0 Å². The van der Waals surface area contributed by atoms with Crippen molar-refractivity contribution in [1.29, 1.82) is 0 Å². The molecule has 0 aliphatic carbocycles. The Hall–Kier alpha value is -3.02. The highest BCUT2D eigenvalue weighted by Gasteiger charge is 2.17. The highest BCUT2D eigenvalue weighted by molar-refractivity contribution is 5.85. The van der Waals surface area contributed by atoms with Crippen LogP contribution in [0, 0.1) is 0 Å². The molecule has 0 aliphatic rings. The Morgan fingerprint density at radius 2 is 1.61 bits per heavy atom. The van der Waals surface area contributed by atoms with Crippen molar-refractivity contribution in [3.05, 3.63) is 59.7 Å². The number of hydrogen-bond donors (Lipinski definition) is 2. The number of nitrogens with one attached hydrogen (secondary N) is 2. The summed E-state index contributed by atoms with van der Waals surface area (Å²) in [6, 6.07) is 15.3. The van der Waals surface area contributed by atoms with Crippen molar-refractivity contribution in [3.8, 4) is 11.5 Å². The molecule has 0 radical (unpaired) electrons. The number of carbonyl (C=O) groups excluding carboxylic acids is 2. The van der Waals surface area contributed by atoms with Crippen LogP contribution in [-0.4, -0.2) is 24.5 Å². The van der Waals surface area contributed by atoms with Gasteiger partial charge in [0.15, 0.2) is 12.7 Å². The zero-order chi connectivity index (χ0) is 23.0. The number of ether oxygens (including phenoxy) is 2. The van der Waals surface area contributed by atoms with Gasteiger partial charge in [-0.15, -0.1) is 0 Å². The molecule has 0 saturated heterocycles. The number of hydrogen-bond acceptors (Lipinski definition) is 4. The molecule has 0 heterocycles. The predicted molar refractivity (Wildman–Crippen MR) is 122 cm³/mol. The summed E-state index contributed by atoms with van der Waals surface area (Å²) in [6.45, 7) is 12.0. The summed E-state index contributed by atoms with van der Waals surface area (Å²) < 4.78 is 11.3. The van der Waals surface area contributed by atoms with Crippen LogP contribution in [0.25, 0.3) is 0 Å². The number of rotatable bonds is 8. The van der Waals surface area contributed by atoms with E-state index in [4.69, 9.17) is 9.47 Å². The van der Waals surface area contributed by atoms with Crippen molar-refractivity contribution in [2.75, 3.05) is 6.61 Å². The first-order valence-electron chi connectivity index (χ1n) is 10.7. The van der Waals surface area contributed by atoms with Crippen LogP contribution in [0.1, 0.15) is 65.0 Å². The molecule has 6 heteroatoms. The molecule has 2 aromatic carbocycles. The van der Waals surface area contributed by atoms with Crippen LogP contribution in [0.15, 0.2) is 48.5 Å². The Kier molecular flexibility index (Phi) is 8.48. The molecule has 0 spiro atoms. The molecule has 2 rings (SSSR count). The lowest BCUT2D eigenvalue weighted by Gasteiger charge is -2.20. The van der Waals surface area contributed by atoms with Crippen LogP contribution in [0.3, 0.4) is 0 Å². The molecule has 2 amide bonds. The minimum Gasteiger partial charge on any atom is -0.483 e. The maximum Gasteiger partial charge on any atom is 0.279 e. The number of amides is 2. The van der Waals surface area contributed by atoms with Crippen molar-refractivity contribution in [1.82, 2.24) is 10.9 Å². The fraction of sp³-hybridized carbons (Fsp3) is 0.440. The van der Waals surface area contributed by atoms with E-state index >= 15 is 0 Å². The van der Waals surface area contributed by atoms with E-state index in [0.717, 1.165) is 12.0 Å². The Morgan fingerprint density at radius 1 is 0.968 bits per heavy atom. The quantitative estimate of drug-likeness (QED) is 0.610. The minimum atomic E-state index is -0.771. The van der Waals surface area contributed by atoms with Crippen molar-refractivity contribution >= 4 is 11.8 Å². The molecular formula is C25H34N2O4. The third kappa shape index (κ3) is 7.31. The van der Waals surface area contributed by atoms with Gasteiger partial charge in [0.2, 0.25) is 0 Å². The number of para-hydroxylation sites is 1. The van der Waals surface area contributed by atoms with E-state index < -0.39 is 17.9 Å². The first kappa shape index (κ1) is 24.3. The molecule has 168 valence electrons. The zero-order valence-corrected chi connectivity index (χ0v) is 19.3. The minimum absolute atomic E-state index is 0.0446. The van der Waals surface area contributed by atoms with Gasteiger partial charge in [-0.3, -0.25) is 20.4 Å². The average molecular weight is 427 g/mol. The highest BCUT2D eigenvalue weighted by Crippen LogP contribution is 2.28. The van der Waals surface area contributed by atoms with E-state index in [0.29, 0.717) is 17.4 Å². The predicted octanol–water partition coefficient (Wildman–Crippen LogP) is 4.49. The summed E-state index contributed by atoms with van der Waals surface area (Å²) in [5, 5.41) is 0. The molecule has 0 saturated carbocycles. The summed E-state index contributed by atoms with van der Waals surface area (Å²) in [5.41, 5.74) is 7.03. The van der Waals surface area contributed by atoms with E-state index in [1.807, 2.05) is 48.5 Å². The molecule has 6 nitrogen and oxygen atoms in total. The summed E-state index contributed by atoms with van der Waals surface area (Å²) in [5.74, 6) is 0.692. The third-order valence-corrected chi connectivity index (χ3v) is 5.15. The summed E-state index contributed by atoms with van der Waals surface area (Å²) in [6.07, 6.45) is 0.201. The number of hydrazine groups is 1. The SMILES string of the molecule is CCC(C)c1ccccc1OCC(=O)NNC(=O)C(C)Oc1ccc(C(C)(C)C)cc1. The van der Waals surface area contributed by atoms with Crippen LogP contribution in [-0.2, 0) is 15.0 Å². The van der Waals surface area contributed by atoms with E-state index in [9.17, 15) is 9.59 Å². The smallest absolute Gasteiger partial charge is 0.279 e. The maximum atomic E-state index is 12.2. The van der Waals surface area contributed by atoms with E-state index in [1.54, 1.807) is 6.92 Å². The second kappa shape index (κ2) is 10.8. The molecule has 2 aromatic rings. The molecule has 2 unspecified atom stereocenters. The summed E-state index contributed by atoms with van der Waals surface area (Å²) in [4.78, 5) is 24.3. The number of carbonyl (C=O) groups is 2. The lowest BCUT2D eigenvalue weighted by atomic mass is 9.87. The summed E-state index contributed by atoms with van der Waals surface area (Å²) >= 11 is 0. The van der Waals surface area contributed by atoms with Gasteiger partial charge in [-0.05, 0) is 54.0 Å². The van der Waals surface area contributed by atoms with Crippen molar-refractivity contribution in [3.63, 3.8) is 0 Å². The zero-order valence-electron chi connectivity index (χ0n) is 19.3. The average Bonchev–Trinajstić information content (AvgIpc) is 2.75. The fourth-order valence-corrected chi connectivity index (χ4v) is 2.94. The summed E-state index contributed by atoms with van der Waals surface area (Å²) in [7, 11) is 0. The van der Waals surface area contributed by atoms with Crippen LogP contribution in [0.5, 0.6) is 11.5 Å². The van der Waals surface area contributed by atoms with E-state index in [1.165, 1.54) is 5.56 Å². The van der Waals surface area contributed by atoms with Gasteiger partial charge in [0.05, 0.1) is 0 Å². The van der Waals surface area contributed by atoms with Crippen molar-refractivity contribution in [2.45, 2.75) is 65.4 Å². The first-order valence-corrected chi connectivity index (χ1v) is 10.7. The molecule has 2 atom stereocenters. The monoisotopic (exact) mass is 426 g/mol. The molecule has 0 aliphatic heterocycles. The molecule has 0 bridgehead atoms. The van der Waals surface area contributed by atoms with Gasteiger partial charge >= 0.3 is 0 Å². The Bertz CT molecular complexity index is 872. The lowest BCUT2D eigenvalue weighted by molar-refractivity contribution is -0.133. The molecule has 0 aromatic heterocycles. The number of benzene rings is 2. The molecule has 0 fully saturated rings. The van der Waals surface area contributed by atoms with E-state index in [-0.39, 0.29) is 12.0 Å². The molecule has 2 N–H and O–H groups in total. The van der Waals surface area contributed by atoms with Gasteiger partial charge in [0.25, 0.3) is 11.8 Å². The Balaban J connectivity index is 1.81. The standard InChI is InChI=1S/C25H34N2O4/c1-7-17(2)21-10-8-9-11-22(21)30-16-23(28)26-27-24(29)18(3)31-20-14-12-19(13-15-20)25(4,5)6/h8-15,17-18H,7,16H2,1-6H3,(H,26,28)(H,27,29). The van der Waals surface area contributed by atoms with Crippen molar-refractivity contribution in [2.24, 2.45) is 0 Å². The lowest BCUT2D eigenvalue weighted by Crippen LogP contribution is -2.48. The largest absolute Gasteiger partial charge is 0.483 e. The van der Waals surface area contributed by atoms with Gasteiger partial charge in [0, 0.05) is 0 Å². The maximum absolute atomic E-state index is 12.2. The van der Waals surface area contributed by atoms with Gasteiger partial charge in [0.1, 0.15) is 11.5 Å². The first-order chi connectivity index (χ1) is 14.6. The van der Waals surface area contributed by atoms with Crippen molar-refractivity contribution < 1.29 is 19.1 Å².